The quantitative estimate of drug-likeness (QED) is 0.0218. The monoisotopic (exact) mass is 1300 g/mol. The van der Waals surface area contributed by atoms with Gasteiger partial charge in [0.25, 0.3) is 11.8 Å². The summed E-state index contributed by atoms with van der Waals surface area (Å²) in [5.74, 6) is -4.62. The van der Waals surface area contributed by atoms with Gasteiger partial charge in [-0.05, 0) is 122 Å². The van der Waals surface area contributed by atoms with E-state index in [4.69, 9.17) is 29.1 Å². The number of amides is 12. The van der Waals surface area contributed by atoms with E-state index in [9.17, 15) is 57.5 Å². The number of carbonyl (C=O) groups is 11. The van der Waals surface area contributed by atoms with E-state index in [1.54, 1.807) is 70.2 Å². The molecular weight excluding hydrogens is 1210 g/mol. The molecule has 0 saturated heterocycles. The van der Waals surface area contributed by atoms with Crippen molar-refractivity contribution in [3.05, 3.63) is 82.7 Å². The number of carbonyl (C=O) groups excluding carboxylic acids is 11. The number of hydrogen-bond donors (Lipinski definition) is 8. The lowest BCUT2D eigenvalue weighted by molar-refractivity contribution is -0.137. The fourth-order valence-electron chi connectivity index (χ4n) is 8.92. The Kier molecular flexibility index (Phi) is 29.0. The molecule has 9 N–H and O–H groups in total. The molecule has 0 radical (unpaired) electrons. The molecule has 1 aliphatic heterocycles. The van der Waals surface area contributed by atoms with Crippen LogP contribution in [0.25, 0.3) is 11.0 Å². The van der Waals surface area contributed by atoms with E-state index < -0.39 is 111 Å². The van der Waals surface area contributed by atoms with Crippen molar-refractivity contribution >= 4 is 82.1 Å². The van der Waals surface area contributed by atoms with Crippen molar-refractivity contribution in [2.45, 2.75) is 169 Å². The van der Waals surface area contributed by atoms with Crippen LogP contribution in [0.5, 0.6) is 5.75 Å². The minimum Gasteiger partial charge on any atom is -0.445 e. The van der Waals surface area contributed by atoms with E-state index in [1.165, 1.54) is 36.0 Å². The number of fused-ring (bicyclic) bond motifs is 1. The first kappa shape index (κ1) is 76.5. The number of nitrogens with one attached hydrogen (secondary N) is 7. The van der Waals surface area contributed by atoms with Crippen LogP contribution in [0, 0.1) is 11.3 Å². The Morgan fingerprint density at radius 3 is 1.92 bits per heavy atom. The lowest BCUT2D eigenvalue weighted by Crippen LogP contribution is -2.55. The van der Waals surface area contributed by atoms with Crippen LogP contribution in [-0.4, -0.2) is 175 Å². The summed E-state index contributed by atoms with van der Waals surface area (Å²) in [5.41, 5.74) is 3.34. The summed E-state index contributed by atoms with van der Waals surface area (Å²) in [5, 5.41) is 20.0. The van der Waals surface area contributed by atoms with Crippen molar-refractivity contribution in [3.63, 3.8) is 0 Å². The fraction of sp³-hybridized carbons (Fsp3) is 0.569. The summed E-state index contributed by atoms with van der Waals surface area (Å²) in [6, 6.07) is 9.54. The lowest BCUT2D eigenvalue weighted by atomic mass is 9.94. The molecule has 512 valence electrons. The molecule has 93 heavy (non-hydrogen) atoms. The summed E-state index contributed by atoms with van der Waals surface area (Å²) < 4.78 is 28.2. The van der Waals surface area contributed by atoms with Crippen molar-refractivity contribution in [2.24, 2.45) is 17.1 Å². The highest BCUT2D eigenvalue weighted by Crippen LogP contribution is 2.23. The minimum absolute atomic E-state index is 0.0336. The van der Waals surface area contributed by atoms with Gasteiger partial charge in [-0.3, -0.25) is 43.3 Å². The molecule has 0 aliphatic carbocycles. The molecule has 3 aromatic rings. The number of benzene rings is 2. The summed E-state index contributed by atoms with van der Waals surface area (Å²) in [7, 11) is 2.99. The van der Waals surface area contributed by atoms with Gasteiger partial charge in [0.05, 0.1) is 17.8 Å². The fourth-order valence-corrected chi connectivity index (χ4v) is 8.92. The normalized spacial score (nSPS) is 13.5. The topological polar surface area (TPSA) is 375 Å². The number of urea groups is 1. The molecule has 3 atom stereocenters. The Bertz CT molecular complexity index is 3190. The van der Waals surface area contributed by atoms with Crippen LogP contribution in [0.15, 0.2) is 76.0 Å². The predicted molar refractivity (Wildman–Crippen MR) is 345 cm³/mol. The first-order valence-electron chi connectivity index (χ1n) is 31.0. The highest BCUT2D eigenvalue weighted by atomic mass is 16.6. The highest BCUT2D eigenvalue weighted by Gasteiger charge is 2.33. The maximum absolute atomic E-state index is 14.1. The van der Waals surface area contributed by atoms with E-state index in [0.29, 0.717) is 29.7 Å². The van der Waals surface area contributed by atoms with Crippen LogP contribution in [0.2, 0.25) is 0 Å². The molecule has 12 amide bonds. The van der Waals surface area contributed by atoms with Gasteiger partial charge in [-0.25, -0.2) is 19.2 Å². The van der Waals surface area contributed by atoms with Crippen molar-refractivity contribution < 1.29 is 76.1 Å². The van der Waals surface area contributed by atoms with E-state index in [-0.39, 0.29) is 108 Å². The van der Waals surface area contributed by atoms with E-state index >= 15 is 0 Å². The molecule has 0 saturated carbocycles. The van der Waals surface area contributed by atoms with Crippen LogP contribution in [0.1, 0.15) is 133 Å². The van der Waals surface area contributed by atoms with Gasteiger partial charge in [-0.1, -0.05) is 39.8 Å². The van der Waals surface area contributed by atoms with Crippen LogP contribution in [0.4, 0.5) is 20.1 Å². The number of likely N-dealkylation sites (N-methyl/N-ethyl adjacent to an activating group) is 2. The van der Waals surface area contributed by atoms with Gasteiger partial charge in [0, 0.05) is 119 Å². The molecular formula is C65H95N11O17. The van der Waals surface area contributed by atoms with Crippen LogP contribution in [-0.2, 0) is 59.2 Å². The summed E-state index contributed by atoms with van der Waals surface area (Å²) in [6.07, 6.45) is 1.18. The molecule has 28 heteroatoms. The number of nitrogens with zero attached hydrogens (tertiary/aromatic N) is 3. The minimum atomic E-state index is -1.18. The molecule has 0 fully saturated rings. The van der Waals surface area contributed by atoms with Crippen LogP contribution >= 0.6 is 0 Å². The van der Waals surface area contributed by atoms with Gasteiger partial charge in [0.2, 0.25) is 35.4 Å². The average molecular weight is 1300 g/mol. The van der Waals surface area contributed by atoms with Gasteiger partial charge < -0.3 is 76.1 Å². The van der Waals surface area contributed by atoms with Crippen LogP contribution < -0.4 is 53.3 Å². The molecule has 1 aromatic heterocycles. The number of ether oxygens (including phenoxy) is 4. The molecule has 28 nitrogen and oxygen atoms in total. The van der Waals surface area contributed by atoms with Gasteiger partial charge in [-0.2, -0.15) is 0 Å². The summed E-state index contributed by atoms with van der Waals surface area (Å²) in [4.78, 5) is 158. The second-order valence-corrected chi connectivity index (χ2v) is 26.3. The van der Waals surface area contributed by atoms with Gasteiger partial charge >= 0.3 is 23.8 Å². The number of anilines is 1. The van der Waals surface area contributed by atoms with Crippen LogP contribution in [0.3, 0.4) is 0 Å². The number of nitrogens with two attached hydrogens (primary N) is 1. The zero-order valence-electron chi connectivity index (χ0n) is 55.8. The summed E-state index contributed by atoms with van der Waals surface area (Å²) >= 11 is 0. The Morgan fingerprint density at radius 2 is 1.29 bits per heavy atom. The average Bonchev–Trinajstić information content (AvgIpc) is 1.28. The number of imide groups is 1. The largest absolute Gasteiger partial charge is 0.445 e. The smallest absolute Gasteiger partial charge is 0.415 e. The van der Waals surface area contributed by atoms with Crippen molar-refractivity contribution in [2.75, 3.05) is 65.3 Å². The lowest BCUT2D eigenvalue weighted by Gasteiger charge is -2.31. The zero-order valence-corrected chi connectivity index (χ0v) is 55.8. The Morgan fingerprint density at radius 1 is 0.667 bits per heavy atom. The third kappa shape index (κ3) is 28.2. The summed E-state index contributed by atoms with van der Waals surface area (Å²) in [6.45, 7) is 20.9. The first-order valence-corrected chi connectivity index (χ1v) is 31.0. The third-order valence-corrected chi connectivity index (χ3v) is 14.7. The molecule has 2 unspecified atom stereocenters. The molecule has 0 spiro atoms. The number of rotatable bonds is 36. The third-order valence-electron chi connectivity index (χ3n) is 14.7. The van der Waals surface area contributed by atoms with E-state index in [0.717, 1.165) is 17.1 Å². The molecule has 2 heterocycles. The number of hydrogen-bond acceptors (Lipinski definition) is 17. The Balaban J connectivity index is 1.33. The van der Waals surface area contributed by atoms with Crippen molar-refractivity contribution in [1.29, 1.82) is 0 Å². The van der Waals surface area contributed by atoms with Gasteiger partial charge in [-0.15, -0.1) is 0 Å². The standard InChI is InChI=1S/C65H95N11O17/c1-41(2)55(72-49(77)24-23-47(56(83)68-39-63(6,7)40-91-62(3,4)5)70-50(78)28-30-65(10,11)90-36-31-64(8,9)73-51(79)29-33-76-52(80)25-26-53(76)81)58(85)71-46(15-14-32-67-59(66)86)57(84)69-44-20-16-42(17-21-44)38-89-60(87)74(12)34-35-75(13)61(88)92-45-22-18-43-19-27-54(82)93-48(43)37-45/h16-22,25-27,37,41,46-47,55H,14-15,23-24,28-36,38-40H2,1-13H3,(H,68,83)(H,69,84)(H,70,78)(H,71,85)(H,72,77)(H,73,79)(H3,66,67,86)/t46-,47?,55?/m0/s1. The molecule has 1 aliphatic rings. The molecule has 4 rings (SSSR count). The predicted octanol–water partition coefficient (Wildman–Crippen LogP) is 4.90. The van der Waals surface area contributed by atoms with Gasteiger partial charge in [0.15, 0.2) is 0 Å². The maximum atomic E-state index is 14.1. The van der Waals surface area contributed by atoms with Gasteiger partial charge in [0.1, 0.15) is 36.1 Å². The zero-order chi connectivity index (χ0) is 69.4. The SMILES string of the molecule is CC(C)C(NC(=O)CCC(NC(=O)CCC(C)(C)OCCC(C)(C)NC(=O)CCN1C(=O)C=CC1=O)C(=O)NCC(C)(C)COC(C)(C)C)C(=O)N[C@@H](CCCNC(N)=O)C(=O)Nc1ccc(COC(=O)N(C)CCN(C)C(=O)Oc2ccc3ccc(=O)oc3c2)cc1. The first-order chi connectivity index (χ1) is 43.4. The second kappa shape index (κ2) is 35.2. The number of primary amides is 1. The Hall–Kier alpha value is -8.92. The molecule has 0 bridgehead atoms. The van der Waals surface area contributed by atoms with E-state index in [2.05, 4.69) is 37.2 Å². The second-order valence-electron chi connectivity index (χ2n) is 26.3. The van der Waals surface area contributed by atoms with Crippen molar-refractivity contribution in [3.8, 4) is 5.75 Å². The van der Waals surface area contributed by atoms with Crippen molar-refractivity contribution in [1.82, 2.24) is 46.6 Å². The highest BCUT2D eigenvalue weighted by molar-refractivity contribution is 6.13. The Labute approximate surface area is 542 Å². The van der Waals surface area contributed by atoms with E-state index in [1.807, 2.05) is 48.5 Å². The maximum Gasteiger partial charge on any atom is 0.415 e. The molecule has 2 aromatic carbocycles.